The molecule has 2 aliphatic carbocycles. The number of hydrogen-bond acceptors (Lipinski definition) is 3. The molecule has 0 heterocycles. The summed E-state index contributed by atoms with van der Waals surface area (Å²) in [5.74, 6) is -4.87. The highest BCUT2D eigenvalue weighted by molar-refractivity contribution is 14.1. The highest BCUT2D eigenvalue weighted by Crippen LogP contribution is 2.61. The van der Waals surface area contributed by atoms with E-state index in [-0.39, 0.29) is 18.4 Å². The van der Waals surface area contributed by atoms with Crippen LogP contribution in [0.1, 0.15) is 23.5 Å². The maximum Gasteiger partial charge on any atom is 0.534 e. The van der Waals surface area contributed by atoms with Gasteiger partial charge < -0.3 is 4.18 Å². The Kier molecular flexibility index (Phi) is 3.45. The van der Waals surface area contributed by atoms with Crippen LogP contribution in [0.4, 0.5) is 22.0 Å². The molecule has 1 aromatic carbocycles. The lowest BCUT2D eigenvalue weighted by Crippen LogP contribution is -2.43. The first kappa shape index (κ1) is 16.2. The summed E-state index contributed by atoms with van der Waals surface area (Å²) in [5, 5.41) is 0. The molecule has 122 valence electrons. The number of fused-ring (bicyclic) bond motifs is 3. The summed E-state index contributed by atoms with van der Waals surface area (Å²) in [5.41, 5.74) is -4.96. The van der Waals surface area contributed by atoms with Crippen molar-refractivity contribution in [1.82, 2.24) is 0 Å². The zero-order chi connectivity index (χ0) is 16.5. The average molecular weight is 454 g/mol. The zero-order valence-corrected chi connectivity index (χ0v) is 13.6. The van der Waals surface area contributed by atoms with Gasteiger partial charge in [-0.2, -0.15) is 21.6 Å². The summed E-state index contributed by atoms with van der Waals surface area (Å²) in [6.07, 6.45) is -0.567. The van der Waals surface area contributed by atoms with E-state index in [9.17, 15) is 30.4 Å². The lowest BCUT2D eigenvalue weighted by Gasteiger charge is -2.40. The molecule has 3 nitrogen and oxygen atoms in total. The summed E-state index contributed by atoms with van der Waals surface area (Å²) in [6.45, 7) is 0. The third-order valence-electron chi connectivity index (χ3n) is 4.06. The van der Waals surface area contributed by atoms with E-state index in [1.54, 1.807) is 0 Å². The first-order valence-corrected chi connectivity index (χ1v) is 8.62. The van der Waals surface area contributed by atoms with Gasteiger partial charge in [0.25, 0.3) is 5.92 Å². The van der Waals surface area contributed by atoms with E-state index >= 15 is 0 Å². The monoisotopic (exact) mass is 454 g/mol. The van der Waals surface area contributed by atoms with Crippen LogP contribution in [-0.2, 0) is 16.5 Å². The number of hydrogen-bond donors (Lipinski definition) is 0. The Morgan fingerprint density at radius 1 is 1.27 bits per heavy atom. The van der Waals surface area contributed by atoms with Crippen molar-refractivity contribution >= 4 is 32.7 Å². The quantitative estimate of drug-likeness (QED) is 0.296. The van der Waals surface area contributed by atoms with Crippen LogP contribution in [0.5, 0.6) is 5.75 Å². The molecule has 1 fully saturated rings. The lowest BCUT2D eigenvalue weighted by atomic mass is 9.71. The molecule has 0 aromatic heterocycles. The molecule has 2 aliphatic rings. The highest BCUT2D eigenvalue weighted by Gasteiger charge is 2.60. The molecular formula is C12H8F5IO3S. The molecule has 0 saturated heterocycles. The molecule has 1 saturated carbocycles. The zero-order valence-electron chi connectivity index (χ0n) is 10.6. The number of halogens is 6. The van der Waals surface area contributed by atoms with Crippen LogP contribution in [0, 0.1) is 9.49 Å². The van der Waals surface area contributed by atoms with E-state index in [0.717, 1.165) is 6.07 Å². The Labute approximate surface area is 136 Å². The summed E-state index contributed by atoms with van der Waals surface area (Å²) in [4.78, 5) is 0. The Morgan fingerprint density at radius 2 is 1.91 bits per heavy atom. The summed E-state index contributed by atoms with van der Waals surface area (Å²) < 4.78 is 91.2. The molecule has 0 bridgehead atoms. The Morgan fingerprint density at radius 3 is 2.45 bits per heavy atom. The largest absolute Gasteiger partial charge is 0.534 e. The van der Waals surface area contributed by atoms with Gasteiger partial charge in [0.2, 0.25) is 0 Å². The molecule has 3 rings (SSSR count). The van der Waals surface area contributed by atoms with Gasteiger partial charge in [0, 0.05) is 21.5 Å². The predicted molar refractivity (Wildman–Crippen MR) is 74.3 cm³/mol. The van der Waals surface area contributed by atoms with Crippen LogP contribution >= 0.6 is 22.6 Å². The second-order valence-electron chi connectivity index (χ2n) is 5.30. The van der Waals surface area contributed by atoms with Crippen molar-refractivity contribution in [3.8, 4) is 5.75 Å². The topological polar surface area (TPSA) is 43.4 Å². The van der Waals surface area contributed by atoms with Gasteiger partial charge in [0.15, 0.2) is 0 Å². The lowest BCUT2D eigenvalue weighted by molar-refractivity contribution is -0.141. The first-order valence-electron chi connectivity index (χ1n) is 6.14. The third kappa shape index (κ3) is 2.29. The van der Waals surface area contributed by atoms with Gasteiger partial charge in [-0.1, -0.05) is 0 Å². The van der Waals surface area contributed by atoms with Crippen LogP contribution < -0.4 is 4.18 Å². The first-order chi connectivity index (χ1) is 9.94. The highest BCUT2D eigenvalue weighted by atomic mass is 127. The van der Waals surface area contributed by atoms with E-state index in [1.807, 2.05) is 22.6 Å². The van der Waals surface area contributed by atoms with Crippen LogP contribution in [0.15, 0.2) is 12.1 Å². The Hall–Kier alpha value is -0.650. The van der Waals surface area contributed by atoms with Crippen molar-refractivity contribution in [2.45, 2.75) is 30.2 Å². The van der Waals surface area contributed by atoms with Crippen molar-refractivity contribution in [1.29, 1.82) is 0 Å². The fraction of sp³-hybridized carbons (Fsp3) is 0.500. The molecule has 0 aliphatic heterocycles. The fourth-order valence-electron chi connectivity index (χ4n) is 3.01. The van der Waals surface area contributed by atoms with E-state index in [0.29, 0.717) is 9.13 Å². The van der Waals surface area contributed by atoms with Crippen LogP contribution in [0.25, 0.3) is 0 Å². The van der Waals surface area contributed by atoms with Crippen molar-refractivity contribution < 1.29 is 34.6 Å². The standard InChI is InChI=1S/C12H8F5IO3S/c13-11(14)4-6-7(11)3-5-9(2-1-8(18)10(5)6)21-22(19,20)12(15,16)17/h1-2,6-7H,3-4H2. The molecule has 2 atom stereocenters. The second kappa shape index (κ2) is 4.68. The van der Waals surface area contributed by atoms with Crippen molar-refractivity contribution in [3.05, 3.63) is 26.8 Å². The van der Waals surface area contributed by atoms with Crippen molar-refractivity contribution in [2.24, 2.45) is 5.92 Å². The number of rotatable bonds is 2. The summed E-state index contributed by atoms with van der Waals surface area (Å²) in [6, 6.07) is 2.45. The maximum absolute atomic E-state index is 13.5. The minimum absolute atomic E-state index is 0.131. The molecule has 0 spiro atoms. The van der Waals surface area contributed by atoms with Gasteiger partial charge in [0.1, 0.15) is 5.75 Å². The van der Waals surface area contributed by atoms with Crippen LogP contribution in [0.2, 0.25) is 0 Å². The van der Waals surface area contributed by atoms with Gasteiger partial charge in [-0.3, -0.25) is 0 Å². The molecule has 1 aromatic rings. The van der Waals surface area contributed by atoms with E-state index < -0.39 is 39.1 Å². The van der Waals surface area contributed by atoms with Gasteiger partial charge in [0.05, 0.1) is 0 Å². The second-order valence-corrected chi connectivity index (χ2v) is 8.00. The van der Waals surface area contributed by atoms with E-state index in [2.05, 4.69) is 4.18 Å². The van der Waals surface area contributed by atoms with Crippen LogP contribution in [0.3, 0.4) is 0 Å². The molecule has 0 radical (unpaired) electrons. The van der Waals surface area contributed by atoms with Crippen molar-refractivity contribution in [3.63, 3.8) is 0 Å². The van der Waals surface area contributed by atoms with E-state index in [1.165, 1.54) is 6.07 Å². The van der Waals surface area contributed by atoms with Crippen molar-refractivity contribution in [2.75, 3.05) is 0 Å². The fourth-order valence-corrected chi connectivity index (χ4v) is 4.40. The molecule has 2 unspecified atom stereocenters. The SMILES string of the molecule is O=S(=O)(Oc1ccc(I)c2c1CC1C2CC1(F)F)C(F)(F)F. The van der Waals surface area contributed by atoms with E-state index in [4.69, 9.17) is 0 Å². The van der Waals surface area contributed by atoms with Gasteiger partial charge >= 0.3 is 15.6 Å². The molecule has 10 heteroatoms. The van der Waals surface area contributed by atoms with Gasteiger partial charge in [-0.15, -0.1) is 0 Å². The third-order valence-corrected chi connectivity index (χ3v) is 5.97. The predicted octanol–water partition coefficient (Wildman–Crippen LogP) is 3.81. The minimum atomic E-state index is -5.82. The molecule has 22 heavy (non-hydrogen) atoms. The summed E-state index contributed by atoms with van der Waals surface area (Å²) >= 11 is 1.89. The minimum Gasteiger partial charge on any atom is -0.376 e. The van der Waals surface area contributed by atoms with Crippen LogP contribution in [-0.4, -0.2) is 19.8 Å². The number of benzene rings is 1. The van der Waals surface area contributed by atoms with Gasteiger partial charge in [-0.05, 0) is 52.6 Å². The average Bonchev–Trinajstić information content (AvgIpc) is 2.68. The van der Waals surface area contributed by atoms with Gasteiger partial charge in [-0.25, -0.2) is 8.78 Å². The molecule has 0 amide bonds. The maximum atomic E-state index is 13.5. The Bertz CT molecular complexity index is 744. The molecule has 0 N–H and O–H groups in total. The Balaban J connectivity index is 2.01. The summed E-state index contributed by atoms with van der Waals surface area (Å²) in [7, 11) is -5.82. The molecular weight excluding hydrogens is 446 g/mol. The normalized spacial score (nSPS) is 26.1. The number of alkyl halides is 5. The smallest absolute Gasteiger partial charge is 0.376 e.